The van der Waals surface area contributed by atoms with E-state index in [0.29, 0.717) is 17.3 Å². The summed E-state index contributed by atoms with van der Waals surface area (Å²) in [5.74, 6) is -2.64. The highest BCUT2D eigenvalue weighted by Gasteiger charge is 2.31. The van der Waals surface area contributed by atoms with Crippen LogP contribution in [0.1, 0.15) is 28.4 Å². The van der Waals surface area contributed by atoms with Gasteiger partial charge in [0.1, 0.15) is 11.7 Å². The molecule has 9 nitrogen and oxygen atoms in total. The molecule has 3 aromatic carbocycles. The van der Waals surface area contributed by atoms with Gasteiger partial charge in [0, 0.05) is 35.4 Å². The molecular formula is C33H33F4N5O4. The molecule has 3 amide bonds. The summed E-state index contributed by atoms with van der Waals surface area (Å²) in [5, 5.41) is 14.2. The van der Waals surface area contributed by atoms with Gasteiger partial charge < -0.3 is 21.5 Å². The lowest BCUT2D eigenvalue weighted by Crippen LogP contribution is -2.45. The maximum atomic E-state index is 13.7. The lowest BCUT2D eigenvalue weighted by atomic mass is 10.0. The predicted molar refractivity (Wildman–Crippen MR) is 165 cm³/mol. The molecule has 0 atom stereocenters. The van der Waals surface area contributed by atoms with Crippen molar-refractivity contribution in [1.82, 2.24) is 15.5 Å². The van der Waals surface area contributed by atoms with Crippen molar-refractivity contribution in [3.63, 3.8) is 0 Å². The van der Waals surface area contributed by atoms with Crippen molar-refractivity contribution < 1.29 is 37.1 Å². The summed E-state index contributed by atoms with van der Waals surface area (Å²) in [7, 11) is 0. The fourth-order valence-electron chi connectivity index (χ4n) is 4.17. The van der Waals surface area contributed by atoms with E-state index in [-0.39, 0.29) is 47.8 Å². The van der Waals surface area contributed by atoms with E-state index >= 15 is 0 Å². The molecule has 242 valence electrons. The minimum Gasteiger partial charge on any atom is -0.400 e. The van der Waals surface area contributed by atoms with Gasteiger partial charge in [-0.1, -0.05) is 43.0 Å². The summed E-state index contributed by atoms with van der Waals surface area (Å²) in [6, 6.07) is 17.9. The third kappa shape index (κ3) is 9.86. The van der Waals surface area contributed by atoms with Crippen molar-refractivity contribution in [2.24, 2.45) is 10.7 Å². The van der Waals surface area contributed by atoms with Crippen molar-refractivity contribution in [3.8, 4) is 0 Å². The van der Waals surface area contributed by atoms with Crippen LogP contribution in [0.2, 0.25) is 0 Å². The largest absolute Gasteiger partial charge is 0.416 e. The Morgan fingerprint density at radius 3 is 2.24 bits per heavy atom. The predicted octanol–water partition coefficient (Wildman–Crippen LogP) is 4.27. The average Bonchev–Trinajstić information content (AvgIpc) is 3.05. The second kappa shape index (κ2) is 16.1. The van der Waals surface area contributed by atoms with Crippen LogP contribution in [0.15, 0.2) is 107 Å². The minimum absolute atomic E-state index is 0.0256. The van der Waals surface area contributed by atoms with Crippen LogP contribution in [0.5, 0.6) is 0 Å². The Hall–Kier alpha value is -5.30. The van der Waals surface area contributed by atoms with Gasteiger partial charge in [0.25, 0.3) is 5.91 Å². The number of benzene rings is 3. The van der Waals surface area contributed by atoms with E-state index in [1.807, 2.05) is 0 Å². The van der Waals surface area contributed by atoms with Crippen molar-refractivity contribution >= 4 is 29.2 Å². The zero-order valence-corrected chi connectivity index (χ0v) is 24.9. The number of carbonyl (C=O) groups is 3. The van der Waals surface area contributed by atoms with E-state index < -0.39 is 48.4 Å². The molecule has 3 aromatic rings. The van der Waals surface area contributed by atoms with Gasteiger partial charge in [0.05, 0.1) is 30.9 Å². The van der Waals surface area contributed by atoms with Gasteiger partial charge in [-0.2, -0.15) is 13.2 Å². The number of nitrogens with zero attached hydrogens (tertiary/aromatic N) is 2. The maximum absolute atomic E-state index is 13.7. The number of aliphatic hydroxyl groups excluding tert-OH is 1. The number of aliphatic imine (C=N–C) groups is 1. The van der Waals surface area contributed by atoms with E-state index in [1.165, 1.54) is 35.2 Å². The smallest absolute Gasteiger partial charge is 0.400 e. The molecule has 0 aliphatic carbocycles. The van der Waals surface area contributed by atoms with Gasteiger partial charge in [0.2, 0.25) is 11.8 Å². The molecule has 0 spiro atoms. The van der Waals surface area contributed by atoms with Crippen LogP contribution in [-0.2, 0) is 22.2 Å². The fourth-order valence-corrected chi connectivity index (χ4v) is 4.17. The Balaban J connectivity index is 2.02. The first kappa shape index (κ1) is 35.2. The first-order valence-corrected chi connectivity index (χ1v) is 14.0. The third-order valence-corrected chi connectivity index (χ3v) is 6.62. The standard InChI is InChI=1S/C33H33F4N5O4/c1-3-42(29(44)19-40-32(46)23-8-7-9-24(17-23)33(35,36)37)30(41-26-10-5-4-6-11-26)27(16-22-12-14-25(34)15-13-22)28(38)18-39-31(45)21(2)20-43/h4-15,17,43H,2-3,16,18-20,38H2,1H3,(H,39,45)(H,40,46)/b28-27-,41-30?. The number of nitrogens with one attached hydrogen (secondary N) is 2. The second-order valence-electron chi connectivity index (χ2n) is 9.92. The third-order valence-electron chi connectivity index (χ3n) is 6.62. The monoisotopic (exact) mass is 639 g/mol. The van der Waals surface area contributed by atoms with Crippen molar-refractivity contribution in [2.45, 2.75) is 19.5 Å². The molecule has 0 aromatic heterocycles. The molecule has 0 fully saturated rings. The zero-order valence-electron chi connectivity index (χ0n) is 24.9. The molecule has 0 radical (unpaired) electrons. The van der Waals surface area contributed by atoms with Crippen molar-refractivity contribution in [3.05, 3.63) is 125 Å². The molecule has 0 aliphatic heterocycles. The van der Waals surface area contributed by atoms with Crippen LogP contribution in [0.4, 0.5) is 23.2 Å². The fraction of sp³-hybridized carbons (Fsp3) is 0.212. The van der Waals surface area contributed by atoms with Gasteiger partial charge in [0.15, 0.2) is 0 Å². The first-order chi connectivity index (χ1) is 21.8. The molecule has 0 heterocycles. The number of hydrogen-bond acceptors (Lipinski definition) is 6. The number of alkyl halides is 3. The van der Waals surface area contributed by atoms with Crippen molar-refractivity contribution in [1.29, 1.82) is 0 Å². The summed E-state index contributed by atoms with van der Waals surface area (Å²) in [6.07, 6.45) is -4.62. The van der Waals surface area contributed by atoms with Gasteiger partial charge in [-0.25, -0.2) is 9.38 Å². The highest BCUT2D eigenvalue weighted by molar-refractivity contribution is 6.10. The Bertz CT molecular complexity index is 1620. The first-order valence-electron chi connectivity index (χ1n) is 14.0. The van der Waals surface area contributed by atoms with E-state index in [9.17, 15) is 37.1 Å². The van der Waals surface area contributed by atoms with E-state index in [1.54, 1.807) is 37.3 Å². The van der Waals surface area contributed by atoms with Gasteiger partial charge in [-0.05, 0) is 55.0 Å². The molecule has 0 saturated heterocycles. The van der Waals surface area contributed by atoms with E-state index in [4.69, 9.17) is 10.7 Å². The Morgan fingerprint density at radius 2 is 1.63 bits per heavy atom. The molecular weight excluding hydrogens is 606 g/mol. The summed E-state index contributed by atoms with van der Waals surface area (Å²) in [5.41, 5.74) is 6.48. The quantitative estimate of drug-likeness (QED) is 0.102. The van der Waals surface area contributed by atoms with Crippen LogP contribution in [-0.4, -0.2) is 59.8 Å². The molecule has 0 aliphatic rings. The van der Waals surface area contributed by atoms with Crippen LogP contribution in [0.25, 0.3) is 0 Å². The molecule has 13 heteroatoms. The molecule has 0 saturated carbocycles. The Morgan fingerprint density at radius 1 is 0.957 bits per heavy atom. The Kier molecular flexibility index (Phi) is 12.3. The van der Waals surface area contributed by atoms with Gasteiger partial charge in [-0.15, -0.1) is 0 Å². The number of aliphatic hydroxyl groups is 1. The van der Waals surface area contributed by atoms with Crippen LogP contribution in [0.3, 0.4) is 0 Å². The molecule has 5 N–H and O–H groups in total. The van der Waals surface area contributed by atoms with Crippen LogP contribution >= 0.6 is 0 Å². The van der Waals surface area contributed by atoms with Crippen LogP contribution in [0, 0.1) is 5.82 Å². The molecule has 0 unspecified atom stereocenters. The topological polar surface area (TPSA) is 137 Å². The number of nitrogens with two attached hydrogens (primary N) is 1. The SMILES string of the molecule is C=C(CO)C(=O)NC/C(N)=C(\Cc1ccc(F)cc1)C(=Nc1ccccc1)N(CC)C(=O)CNC(=O)c1cccc(C(F)(F)F)c1. The van der Waals surface area contributed by atoms with Gasteiger partial charge in [-0.3, -0.25) is 19.3 Å². The maximum Gasteiger partial charge on any atom is 0.416 e. The normalized spacial score (nSPS) is 12.2. The van der Waals surface area contributed by atoms with Gasteiger partial charge >= 0.3 is 6.18 Å². The molecule has 3 rings (SSSR count). The molecule has 0 bridgehead atoms. The summed E-state index contributed by atoms with van der Waals surface area (Å²) >= 11 is 0. The average molecular weight is 640 g/mol. The number of carbonyl (C=O) groups excluding carboxylic acids is 3. The molecule has 46 heavy (non-hydrogen) atoms. The highest BCUT2D eigenvalue weighted by atomic mass is 19.4. The number of amides is 3. The number of hydrogen-bond donors (Lipinski definition) is 4. The Labute approximate surface area is 263 Å². The van der Waals surface area contributed by atoms with Crippen LogP contribution < -0.4 is 16.4 Å². The highest BCUT2D eigenvalue weighted by Crippen LogP contribution is 2.29. The van der Waals surface area contributed by atoms with E-state index in [2.05, 4.69) is 17.2 Å². The summed E-state index contributed by atoms with van der Waals surface area (Å²) in [6.45, 7) is 3.73. The number of rotatable bonds is 12. The number of likely N-dealkylation sites (N-methyl/N-ethyl adjacent to an activating group) is 1. The zero-order chi connectivity index (χ0) is 33.9. The van der Waals surface area contributed by atoms with Crippen molar-refractivity contribution in [2.75, 3.05) is 26.2 Å². The lowest BCUT2D eigenvalue weighted by molar-refractivity contribution is -0.137. The number of halogens is 4. The second-order valence-corrected chi connectivity index (χ2v) is 9.92. The number of amidine groups is 1. The lowest BCUT2D eigenvalue weighted by Gasteiger charge is -2.26. The summed E-state index contributed by atoms with van der Waals surface area (Å²) in [4.78, 5) is 44.6. The number of para-hydroxylation sites is 1. The summed E-state index contributed by atoms with van der Waals surface area (Å²) < 4.78 is 53.2. The minimum atomic E-state index is -4.66. The van der Waals surface area contributed by atoms with E-state index in [0.717, 1.165) is 12.1 Å².